The van der Waals surface area contributed by atoms with Crippen LogP contribution in [0.1, 0.15) is 32.7 Å². The minimum Gasteiger partial charge on any atom is -0.491 e. The highest BCUT2D eigenvalue weighted by molar-refractivity contribution is 5.82. The number of hydrogen-bond donors (Lipinski definition) is 1. The summed E-state index contributed by atoms with van der Waals surface area (Å²) in [4.78, 5) is 12.7. The molecule has 1 aromatic heterocycles. The van der Waals surface area contributed by atoms with E-state index in [2.05, 4.69) is 5.32 Å². The Kier molecular flexibility index (Phi) is 3.97. The number of piperidine rings is 1. The number of ether oxygens (including phenoxy) is 1. The highest BCUT2D eigenvalue weighted by Gasteiger charge is 2.16. The number of benzene rings is 1. The molecule has 0 radical (unpaired) electrons. The van der Waals surface area contributed by atoms with Gasteiger partial charge in [0, 0.05) is 17.6 Å². The molecule has 2 heterocycles. The topological polar surface area (TPSA) is 43.3 Å². The number of hydrogen-bond acceptors (Lipinski definition) is 3. The van der Waals surface area contributed by atoms with Crippen LogP contribution in [0.15, 0.2) is 35.3 Å². The summed E-state index contributed by atoms with van der Waals surface area (Å²) in [6.07, 6.45) is 4.09. The summed E-state index contributed by atoms with van der Waals surface area (Å²) in [5.74, 6) is 0.816. The Hall–Kier alpha value is -1.81. The Balaban J connectivity index is 1.99. The average molecular weight is 286 g/mol. The Morgan fingerprint density at radius 2 is 2.00 bits per heavy atom. The van der Waals surface area contributed by atoms with Crippen LogP contribution >= 0.6 is 0 Å². The molecular weight excluding hydrogens is 264 g/mol. The summed E-state index contributed by atoms with van der Waals surface area (Å²) in [6.45, 7) is 5.96. The molecule has 0 aliphatic carbocycles. The van der Waals surface area contributed by atoms with Crippen LogP contribution in [0.3, 0.4) is 0 Å². The zero-order valence-electron chi connectivity index (χ0n) is 12.6. The van der Waals surface area contributed by atoms with Crippen molar-refractivity contribution in [3.05, 3.63) is 40.8 Å². The first-order valence-corrected chi connectivity index (χ1v) is 7.67. The number of pyridine rings is 1. The number of rotatable bonds is 3. The summed E-state index contributed by atoms with van der Waals surface area (Å²) < 4.78 is 7.59. The van der Waals surface area contributed by atoms with Crippen LogP contribution < -0.4 is 15.6 Å². The first kappa shape index (κ1) is 14.1. The van der Waals surface area contributed by atoms with Crippen molar-refractivity contribution in [3.63, 3.8) is 0 Å². The van der Waals surface area contributed by atoms with Crippen molar-refractivity contribution in [1.82, 2.24) is 9.88 Å². The molecule has 0 saturated carbocycles. The van der Waals surface area contributed by atoms with E-state index in [1.54, 1.807) is 0 Å². The fraction of sp³-hybridized carbons (Fsp3) is 0.471. The third-order valence-electron chi connectivity index (χ3n) is 3.98. The maximum absolute atomic E-state index is 12.7. The van der Waals surface area contributed by atoms with Crippen LogP contribution in [0.4, 0.5) is 0 Å². The number of nitrogens with zero attached hydrogens (tertiary/aromatic N) is 1. The van der Waals surface area contributed by atoms with Crippen molar-refractivity contribution in [2.45, 2.75) is 38.8 Å². The van der Waals surface area contributed by atoms with Gasteiger partial charge in [0.1, 0.15) is 5.75 Å². The Bertz CT molecular complexity index is 685. The molecule has 0 amide bonds. The van der Waals surface area contributed by atoms with Crippen LogP contribution in [-0.2, 0) is 0 Å². The van der Waals surface area contributed by atoms with E-state index in [0.29, 0.717) is 6.04 Å². The summed E-state index contributed by atoms with van der Waals surface area (Å²) in [6, 6.07) is 8.05. The molecule has 4 heteroatoms. The van der Waals surface area contributed by atoms with E-state index in [-0.39, 0.29) is 11.7 Å². The van der Waals surface area contributed by atoms with E-state index in [9.17, 15) is 4.79 Å². The zero-order valence-corrected chi connectivity index (χ0v) is 12.6. The highest BCUT2D eigenvalue weighted by atomic mass is 16.5. The van der Waals surface area contributed by atoms with Gasteiger partial charge >= 0.3 is 0 Å². The maximum Gasteiger partial charge on any atom is 0.258 e. The first-order chi connectivity index (χ1) is 10.1. The molecule has 0 bridgehead atoms. The van der Waals surface area contributed by atoms with Crippen molar-refractivity contribution in [1.29, 1.82) is 0 Å². The first-order valence-electron chi connectivity index (χ1n) is 7.67. The van der Waals surface area contributed by atoms with Gasteiger partial charge in [-0.25, -0.2) is 0 Å². The molecule has 1 N–H and O–H groups in total. The lowest BCUT2D eigenvalue weighted by Crippen LogP contribution is -2.34. The Morgan fingerprint density at radius 1 is 1.24 bits per heavy atom. The minimum atomic E-state index is 0.107. The molecule has 2 aromatic rings. The van der Waals surface area contributed by atoms with Gasteiger partial charge in [-0.2, -0.15) is 0 Å². The number of fused-ring (bicyclic) bond motifs is 1. The molecule has 0 unspecified atom stereocenters. The predicted molar refractivity (Wildman–Crippen MR) is 85.1 cm³/mol. The van der Waals surface area contributed by atoms with Gasteiger partial charge in [-0.05, 0) is 69.4 Å². The lowest BCUT2D eigenvalue weighted by molar-refractivity contribution is 0.243. The van der Waals surface area contributed by atoms with Crippen LogP contribution in [0, 0.1) is 0 Å². The van der Waals surface area contributed by atoms with Crippen LogP contribution in [0.2, 0.25) is 0 Å². The van der Waals surface area contributed by atoms with E-state index in [1.165, 1.54) is 0 Å². The van der Waals surface area contributed by atoms with Crippen LogP contribution in [-0.4, -0.2) is 23.8 Å². The monoisotopic (exact) mass is 286 g/mol. The van der Waals surface area contributed by atoms with Gasteiger partial charge in [-0.3, -0.25) is 4.79 Å². The summed E-state index contributed by atoms with van der Waals surface area (Å²) >= 11 is 0. The molecule has 1 aliphatic heterocycles. The molecule has 21 heavy (non-hydrogen) atoms. The standard InChI is InChI=1S/C17H22N2O2/c1-12(2)21-15-3-4-16-13(11-15)7-10-19(17(16)20)14-5-8-18-9-6-14/h3-4,7,10-12,14,18H,5-6,8-9H2,1-2H3. The smallest absolute Gasteiger partial charge is 0.258 e. The van der Waals surface area contributed by atoms with Gasteiger partial charge in [0.25, 0.3) is 5.56 Å². The second kappa shape index (κ2) is 5.90. The van der Waals surface area contributed by atoms with E-state index in [4.69, 9.17) is 4.74 Å². The molecule has 112 valence electrons. The van der Waals surface area contributed by atoms with E-state index < -0.39 is 0 Å². The molecule has 1 aliphatic rings. The quantitative estimate of drug-likeness (QED) is 0.943. The van der Waals surface area contributed by atoms with E-state index in [0.717, 1.165) is 42.5 Å². The molecule has 1 aromatic carbocycles. The van der Waals surface area contributed by atoms with Gasteiger partial charge in [0.2, 0.25) is 0 Å². The SMILES string of the molecule is CC(C)Oc1ccc2c(=O)n(C3CCNCC3)ccc2c1. The summed E-state index contributed by atoms with van der Waals surface area (Å²) in [7, 11) is 0. The molecule has 0 atom stereocenters. The Morgan fingerprint density at radius 3 is 2.71 bits per heavy atom. The van der Waals surface area contributed by atoms with E-state index >= 15 is 0 Å². The van der Waals surface area contributed by atoms with Gasteiger partial charge < -0.3 is 14.6 Å². The summed E-state index contributed by atoms with van der Waals surface area (Å²) in [5.41, 5.74) is 0.107. The van der Waals surface area contributed by atoms with Crippen molar-refractivity contribution in [3.8, 4) is 5.75 Å². The lowest BCUT2D eigenvalue weighted by Gasteiger charge is -2.25. The number of aromatic nitrogens is 1. The van der Waals surface area contributed by atoms with Gasteiger partial charge in [-0.1, -0.05) is 0 Å². The fourth-order valence-corrected chi connectivity index (χ4v) is 2.96. The van der Waals surface area contributed by atoms with Gasteiger partial charge in [-0.15, -0.1) is 0 Å². The predicted octanol–water partition coefficient (Wildman–Crippen LogP) is 2.71. The normalized spacial score (nSPS) is 16.5. The van der Waals surface area contributed by atoms with Gasteiger partial charge in [0.15, 0.2) is 0 Å². The second-order valence-electron chi connectivity index (χ2n) is 5.92. The zero-order chi connectivity index (χ0) is 14.8. The van der Waals surface area contributed by atoms with Crippen LogP contribution in [0.5, 0.6) is 5.75 Å². The third kappa shape index (κ3) is 2.95. The third-order valence-corrected chi connectivity index (χ3v) is 3.98. The maximum atomic E-state index is 12.7. The summed E-state index contributed by atoms with van der Waals surface area (Å²) in [5, 5.41) is 5.05. The molecule has 1 saturated heterocycles. The largest absolute Gasteiger partial charge is 0.491 e. The minimum absolute atomic E-state index is 0.107. The van der Waals surface area contributed by atoms with Crippen molar-refractivity contribution in [2.24, 2.45) is 0 Å². The molecule has 0 spiro atoms. The van der Waals surface area contributed by atoms with E-state index in [1.807, 2.05) is 48.9 Å². The van der Waals surface area contributed by atoms with Crippen LogP contribution in [0.25, 0.3) is 10.8 Å². The molecule has 1 fully saturated rings. The van der Waals surface area contributed by atoms with Gasteiger partial charge in [0.05, 0.1) is 6.10 Å². The molecule has 4 nitrogen and oxygen atoms in total. The Labute approximate surface area is 124 Å². The highest BCUT2D eigenvalue weighted by Crippen LogP contribution is 2.22. The van der Waals surface area contributed by atoms with Crippen molar-refractivity contribution in [2.75, 3.05) is 13.1 Å². The second-order valence-corrected chi connectivity index (χ2v) is 5.92. The molecular formula is C17H22N2O2. The average Bonchev–Trinajstić information content (AvgIpc) is 2.48. The van der Waals surface area contributed by atoms with Crippen molar-refractivity contribution < 1.29 is 4.74 Å². The molecule has 3 rings (SSSR count). The number of nitrogens with one attached hydrogen (secondary N) is 1. The van der Waals surface area contributed by atoms with Crippen molar-refractivity contribution >= 4 is 10.8 Å². The lowest BCUT2D eigenvalue weighted by atomic mass is 10.1. The fourth-order valence-electron chi connectivity index (χ4n) is 2.96.